The third-order valence-electron chi connectivity index (χ3n) is 9.55. The van der Waals surface area contributed by atoms with E-state index in [-0.39, 0.29) is 11.2 Å². The van der Waals surface area contributed by atoms with E-state index < -0.39 is 17.7 Å². The summed E-state index contributed by atoms with van der Waals surface area (Å²) in [4.78, 5) is 22.8. The van der Waals surface area contributed by atoms with Crippen LogP contribution in [-0.2, 0) is 20.7 Å². The summed E-state index contributed by atoms with van der Waals surface area (Å²) >= 11 is 0. The number of carbonyl (C=O) groups is 1. The number of carboxylic acids is 1. The molecule has 2 aliphatic rings. The number of halogens is 1. The first kappa shape index (κ1) is 37.5. The quantitative estimate of drug-likeness (QED) is 0.167. The van der Waals surface area contributed by atoms with E-state index in [2.05, 4.69) is 29.0 Å². The lowest BCUT2D eigenvalue weighted by Crippen LogP contribution is -2.39. The Labute approximate surface area is 297 Å². The van der Waals surface area contributed by atoms with Crippen molar-refractivity contribution < 1.29 is 28.5 Å². The van der Waals surface area contributed by atoms with Gasteiger partial charge in [-0.3, -0.25) is 4.90 Å². The van der Waals surface area contributed by atoms with Gasteiger partial charge in [0.1, 0.15) is 17.4 Å². The van der Waals surface area contributed by atoms with Crippen LogP contribution in [0.25, 0.3) is 11.1 Å². The summed E-state index contributed by atoms with van der Waals surface area (Å²) in [6.07, 6.45) is 2.35. The average molecular weight is 691 g/mol. The maximum Gasteiger partial charge on any atom is 0.337 e. The second-order valence-electron chi connectivity index (χ2n) is 15.3. The molecule has 0 spiro atoms. The van der Waals surface area contributed by atoms with Gasteiger partial charge >= 0.3 is 5.97 Å². The number of pyridine rings is 1. The smallest absolute Gasteiger partial charge is 0.337 e. The first-order chi connectivity index (χ1) is 23.8. The van der Waals surface area contributed by atoms with Gasteiger partial charge in [0.25, 0.3) is 0 Å². The van der Waals surface area contributed by atoms with Gasteiger partial charge in [-0.05, 0) is 94.3 Å². The van der Waals surface area contributed by atoms with Crippen molar-refractivity contribution in [2.24, 2.45) is 5.41 Å². The van der Waals surface area contributed by atoms with Crippen molar-refractivity contribution in [3.63, 3.8) is 0 Å². The summed E-state index contributed by atoms with van der Waals surface area (Å²) in [7, 11) is 0. The van der Waals surface area contributed by atoms with Gasteiger partial charge in [0.2, 0.25) is 0 Å². The Morgan fingerprint density at radius 1 is 1.04 bits per heavy atom. The molecule has 5 rings (SSSR count). The molecule has 272 valence electrons. The van der Waals surface area contributed by atoms with Crippen LogP contribution in [0.1, 0.15) is 76.8 Å². The van der Waals surface area contributed by atoms with Crippen LogP contribution in [0.2, 0.25) is 0 Å². The standard InChI is InChI=1S/C40H55FN4O5/c1-28-33(36(38(46)47)50-39(2,3)4)35(45-21-17-40(5,6)18-22-45)34(37(43-28)42-19-7-20-44-23-26-48-27-24-44)30-10-14-32(15-11-30)49-25-16-29-8-12-31(41)13-9-29/h8-15,36H,7,16-27H2,1-6H3,(H,42,43)(H,46,47). The minimum atomic E-state index is -1.20. The Bertz CT molecular complexity index is 1560. The predicted octanol–water partition coefficient (Wildman–Crippen LogP) is 7.52. The fourth-order valence-corrected chi connectivity index (χ4v) is 6.66. The minimum Gasteiger partial charge on any atom is -0.493 e. The van der Waals surface area contributed by atoms with E-state index >= 15 is 0 Å². The summed E-state index contributed by atoms with van der Waals surface area (Å²) in [5.74, 6) is 0.164. The molecule has 1 unspecified atom stereocenters. The molecule has 0 bridgehead atoms. The second kappa shape index (κ2) is 16.5. The van der Waals surface area contributed by atoms with Crippen molar-refractivity contribution in [1.82, 2.24) is 9.88 Å². The summed E-state index contributed by atoms with van der Waals surface area (Å²) in [5, 5.41) is 14.3. The number of aliphatic carboxylic acids is 1. The van der Waals surface area contributed by atoms with Gasteiger partial charge in [-0.15, -0.1) is 0 Å². The lowest BCUT2D eigenvalue weighted by atomic mass is 9.82. The summed E-state index contributed by atoms with van der Waals surface area (Å²) in [6, 6.07) is 14.4. The monoisotopic (exact) mass is 690 g/mol. The predicted molar refractivity (Wildman–Crippen MR) is 197 cm³/mol. The van der Waals surface area contributed by atoms with Crippen LogP contribution in [0, 0.1) is 18.2 Å². The minimum absolute atomic E-state index is 0.195. The van der Waals surface area contributed by atoms with E-state index in [0.717, 1.165) is 99.1 Å². The van der Waals surface area contributed by atoms with Gasteiger partial charge in [-0.2, -0.15) is 0 Å². The number of hydrogen-bond donors (Lipinski definition) is 2. The van der Waals surface area contributed by atoms with E-state index in [1.165, 1.54) is 12.1 Å². The molecule has 0 saturated carbocycles. The van der Waals surface area contributed by atoms with Gasteiger partial charge < -0.3 is 29.5 Å². The molecule has 2 aliphatic heterocycles. The molecule has 3 aromatic rings. The zero-order valence-electron chi connectivity index (χ0n) is 30.7. The van der Waals surface area contributed by atoms with Crippen molar-refractivity contribution in [3.05, 3.63) is 71.2 Å². The Hall–Kier alpha value is -3.73. The molecule has 2 N–H and O–H groups in total. The number of benzene rings is 2. The Kier molecular flexibility index (Phi) is 12.4. The van der Waals surface area contributed by atoms with Crippen molar-refractivity contribution in [2.45, 2.75) is 78.9 Å². The van der Waals surface area contributed by atoms with E-state index in [1.54, 1.807) is 12.1 Å². The molecule has 2 saturated heterocycles. The number of anilines is 2. The van der Waals surface area contributed by atoms with Crippen molar-refractivity contribution in [2.75, 3.05) is 69.3 Å². The highest BCUT2D eigenvalue weighted by molar-refractivity contribution is 5.92. The number of morpholine rings is 1. The third kappa shape index (κ3) is 10.2. The first-order valence-electron chi connectivity index (χ1n) is 18.0. The van der Waals surface area contributed by atoms with Crippen LogP contribution in [0.5, 0.6) is 5.75 Å². The zero-order valence-corrected chi connectivity index (χ0v) is 30.7. The normalized spacial score (nSPS) is 17.4. The van der Waals surface area contributed by atoms with Gasteiger partial charge in [-0.25, -0.2) is 14.2 Å². The molecule has 0 amide bonds. The molecule has 1 aromatic heterocycles. The van der Waals surface area contributed by atoms with Crippen molar-refractivity contribution in [1.29, 1.82) is 0 Å². The zero-order chi connectivity index (χ0) is 35.9. The van der Waals surface area contributed by atoms with E-state index in [4.69, 9.17) is 19.2 Å². The van der Waals surface area contributed by atoms with Crippen LogP contribution in [0.4, 0.5) is 15.9 Å². The third-order valence-corrected chi connectivity index (χ3v) is 9.55. The van der Waals surface area contributed by atoms with Crippen LogP contribution < -0.4 is 15.0 Å². The van der Waals surface area contributed by atoms with Gasteiger partial charge in [0.05, 0.1) is 31.1 Å². The Morgan fingerprint density at radius 2 is 1.70 bits per heavy atom. The highest BCUT2D eigenvalue weighted by Crippen LogP contribution is 2.46. The van der Waals surface area contributed by atoms with Crippen LogP contribution >= 0.6 is 0 Å². The lowest BCUT2D eigenvalue weighted by molar-refractivity contribution is -0.160. The highest BCUT2D eigenvalue weighted by Gasteiger charge is 2.37. The summed E-state index contributed by atoms with van der Waals surface area (Å²) < 4.78 is 31.3. The molecule has 3 heterocycles. The molecule has 9 nitrogen and oxygen atoms in total. The molecule has 50 heavy (non-hydrogen) atoms. The van der Waals surface area contributed by atoms with Crippen molar-refractivity contribution >= 4 is 17.5 Å². The van der Waals surface area contributed by atoms with Crippen LogP contribution in [-0.4, -0.2) is 85.6 Å². The molecule has 0 radical (unpaired) electrons. The maximum absolute atomic E-state index is 13.3. The lowest BCUT2D eigenvalue weighted by Gasteiger charge is -2.41. The second-order valence-corrected chi connectivity index (χ2v) is 15.3. The molecule has 1 atom stereocenters. The fraction of sp³-hybridized carbons (Fsp3) is 0.550. The molecular formula is C40H55FN4O5. The number of nitrogens with one attached hydrogen (secondary N) is 1. The number of carboxylic acid groups (broad SMARTS) is 1. The molecule has 2 fully saturated rings. The largest absolute Gasteiger partial charge is 0.493 e. The van der Waals surface area contributed by atoms with Gasteiger partial charge in [0, 0.05) is 56.0 Å². The number of hydrogen-bond acceptors (Lipinski definition) is 8. The highest BCUT2D eigenvalue weighted by atomic mass is 19.1. The number of aryl methyl sites for hydroxylation is 1. The molecule has 2 aromatic carbocycles. The maximum atomic E-state index is 13.3. The van der Waals surface area contributed by atoms with Crippen molar-refractivity contribution in [3.8, 4) is 16.9 Å². The number of piperidine rings is 1. The number of ether oxygens (including phenoxy) is 3. The number of rotatable bonds is 14. The molecule has 0 aliphatic carbocycles. The average Bonchev–Trinajstić information content (AvgIpc) is 3.07. The SMILES string of the molecule is Cc1nc(NCCCN2CCOCC2)c(-c2ccc(OCCc3ccc(F)cc3)cc2)c(N2CCC(C)(C)CC2)c1C(OC(C)(C)C)C(=O)O. The summed E-state index contributed by atoms with van der Waals surface area (Å²) in [5.41, 5.74) is 4.40. The van der Waals surface area contributed by atoms with Crippen LogP contribution in [0.15, 0.2) is 48.5 Å². The Balaban J connectivity index is 1.52. The van der Waals surface area contributed by atoms with Gasteiger partial charge in [-0.1, -0.05) is 38.1 Å². The van der Waals surface area contributed by atoms with E-state index in [1.807, 2.05) is 52.0 Å². The van der Waals surface area contributed by atoms with E-state index in [0.29, 0.717) is 30.8 Å². The summed E-state index contributed by atoms with van der Waals surface area (Å²) in [6.45, 7) is 19.3. The molecular weight excluding hydrogens is 635 g/mol. The van der Waals surface area contributed by atoms with Crippen LogP contribution in [0.3, 0.4) is 0 Å². The number of aromatic nitrogens is 1. The van der Waals surface area contributed by atoms with Gasteiger partial charge in [0.15, 0.2) is 6.10 Å². The molecule has 10 heteroatoms. The first-order valence-corrected chi connectivity index (χ1v) is 18.0. The van der Waals surface area contributed by atoms with E-state index in [9.17, 15) is 14.3 Å². The topological polar surface area (TPSA) is 96.4 Å². The Morgan fingerprint density at radius 3 is 2.32 bits per heavy atom. The number of nitrogens with zero attached hydrogens (tertiary/aromatic N) is 3. The fourth-order valence-electron chi connectivity index (χ4n) is 6.66.